The minimum Gasteiger partial charge on any atom is -0.355 e. The lowest BCUT2D eigenvalue weighted by Crippen LogP contribution is -2.44. The monoisotopic (exact) mass is 380 g/mol. The first kappa shape index (κ1) is 19.5. The zero-order chi connectivity index (χ0) is 20.3. The molecule has 146 valence electrons. The largest absolute Gasteiger partial charge is 0.355 e. The molecule has 0 spiro atoms. The number of carbonyl (C=O) groups is 1. The summed E-state index contributed by atoms with van der Waals surface area (Å²) in [5.74, 6) is -0.357. The SMILES string of the molecule is CCCCNC(=O)Cn1c(=O)c2c(C)cc(C)nc2n(-c2ccccc2)c1=O. The fraction of sp³-hybridized carbons (Fsp3) is 0.333. The second kappa shape index (κ2) is 8.21. The third-order valence-corrected chi connectivity index (χ3v) is 4.59. The van der Waals surface area contributed by atoms with Crippen molar-refractivity contribution in [1.29, 1.82) is 0 Å². The number of para-hydroxylation sites is 1. The van der Waals surface area contributed by atoms with E-state index >= 15 is 0 Å². The van der Waals surface area contributed by atoms with Gasteiger partial charge in [-0.2, -0.15) is 0 Å². The number of hydrogen-bond acceptors (Lipinski definition) is 4. The molecule has 0 radical (unpaired) electrons. The molecule has 0 atom stereocenters. The average Bonchev–Trinajstić information content (AvgIpc) is 2.65. The number of pyridine rings is 1. The second-order valence-corrected chi connectivity index (χ2v) is 6.83. The van der Waals surface area contributed by atoms with Gasteiger partial charge in [0.1, 0.15) is 6.54 Å². The summed E-state index contributed by atoms with van der Waals surface area (Å²) in [7, 11) is 0. The van der Waals surface area contributed by atoms with Crippen LogP contribution >= 0.6 is 0 Å². The van der Waals surface area contributed by atoms with Crippen LogP contribution < -0.4 is 16.6 Å². The summed E-state index contributed by atoms with van der Waals surface area (Å²) in [5.41, 5.74) is 1.26. The Labute approximate surface area is 162 Å². The average molecular weight is 380 g/mol. The molecule has 7 nitrogen and oxygen atoms in total. The maximum Gasteiger partial charge on any atom is 0.337 e. The van der Waals surface area contributed by atoms with E-state index in [4.69, 9.17) is 0 Å². The molecule has 0 aliphatic rings. The zero-order valence-corrected chi connectivity index (χ0v) is 16.4. The maximum absolute atomic E-state index is 13.2. The molecule has 1 N–H and O–H groups in total. The lowest BCUT2D eigenvalue weighted by atomic mass is 10.1. The van der Waals surface area contributed by atoms with E-state index in [1.165, 1.54) is 4.57 Å². The van der Waals surface area contributed by atoms with Gasteiger partial charge in [0.05, 0.1) is 11.1 Å². The number of nitrogens with one attached hydrogen (secondary N) is 1. The van der Waals surface area contributed by atoms with Gasteiger partial charge < -0.3 is 5.32 Å². The van der Waals surface area contributed by atoms with Gasteiger partial charge in [-0.1, -0.05) is 31.5 Å². The van der Waals surface area contributed by atoms with E-state index in [1.54, 1.807) is 18.2 Å². The highest BCUT2D eigenvalue weighted by molar-refractivity contribution is 5.80. The van der Waals surface area contributed by atoms with Gasteiger partial charge in [-0.3, -0.25) is 9.59 Å². The van der Waals surface area contributed by atoms with Crippen LogP contribution in [-0.4, -0.2) is 26.6 Å². The Hall–Kier alpha value is -3.22. The number of rotatable bonds is 6. The highest BCUT2D eigenvalue weighted by Crippen LogP contribution is 2.16. The van der Waals surface area contributed by atoms with E-state index in [9.17, 15) is 14.4 Å². The summed E-state index contributed by atoms with van der Waals surface area (Å²) in [6, 6.07) is 10.8. The van der Waals surface area contributed by atoms with Crippen LogP contribution in [0.2, 0.25) is 0 Å². The number of aromatic nitrogens is 3. The summed E-state index contributed by atoms with van der Waals surface area (Å²) in [6.07, 6.45) is 1.79. The van der Waals surface area contributed by atoms with Crippen LogP contribution in [0.3, 0.4) is 0 Å². The number of unbranched alkanes of at least 4 members (excludes halogenated alkanes) is 1. The maximum atomic E-state index is 13.2. The van der Waals surface area contributed by atoms with Crippen molar-refractivity contribution in [2.75, 3.05) is 6.54 Å². The van der Waals surface area contributed by atoms with Crippen molar-refractivity contribution in [2.45, 2.75) is 40.2 Å². The minimum absolute atomic E-state index is 0.307. The second-order valence-electron chi connectivity index (χ2n) is 6.83. The van der Waals surface area contributed by atoms with Crippen LogP contribution in [0.5, 0.6) is 0 Å². The van der Waals surface area contributed by atoms with E-state index in [1.807, 2.05) is 39.0 Å². The molecule has 3 aromatic rings. The summed E-state index contributed by atoms with van der Waals surface area (Å²) in [6.45, 7) is 5.85. The zero-order valence-electron chi connectivity index (χ0n) is 16.4. The molecular formula is C21H24N4O3. The fourth-order valence-corrected chi connectivity index (χ4v) is 3.23. The standard InChI is InChI=1S/C21H24N4O3/c1-4-5-11-22-17(26)13-24-20(27)18-14(2)12-15(3)23-19(18)25(21(24)28)16-9-7-6-8-10-16/h6-10,12H,4-5,11,13H2,1-3H3,(H,22,26). The lowest BCUT2D eigenvalue weighted by molar-refractivity contribution is -0.121. The molecule has 3 rings (SSSR count). The van der Waals surface area contributed by atoms with E-state index in [0.717, 1.165) is 23.0 Å². The van der Waals surface area contributed by atoms with Gasteiger partial charge in [-0.25, -0.2) is 18.9 Å². The van der Waals surface area contributed by atoms with E-state index in [2.05, 4.69) is 10.3 Å². The normalized spacial score (nSPS) is 11.0. The Morgan fingerprint density at radius 3 is 2.54 bits per heavy atom. The lowest BCUT2D eigenvalue weighted by Gasteiger charge is -2.15. The van der Waals surface area contributed by atoms with Crippen LogP contribution in [0, 0.1) is 13.8 Å². The molecule has 28 heavy (non-hydrogen) atoms. The van der Waals surface area contributed by atoms with Crippen LogP contribution in [0.4, 0.5) is 0 Å². The molecule has 0 aliphatic heterocycles. The highest BCUT2D eigenvalue weighted by atomic mass is 16.2. The van der Waals surface area contributed by atoms with E-state index < -0.39 is 11.2 Å². The van der Waals surface area contributed by atoms with Crippen molar-refractivity contribution in [1.82, 2.24) is 19.4 Å². The summed E-state index contributed by atoms with van der Waals surface area (Å²) < 4.78 is 2.39. The first-order chi connectivity index (χ1) is 13.4. The molecule has 1 amide bonds. The molecule has 2 heterocycles. The van der Waals surface area contributed by atoms with Gasteiger partial charge in [-0.05, 0) is 44.0 Å². The van der Waals surface area contributed by atoms with E-state index in [-0.39, 0.29) is 12.5 Å². The quantitative estimate of drug-likeness (QED) is 0.664. The van der Waals surface area contributed by atoms with Gasteiger partial charge in [0, 0.05) is 12.2 Å². The fourth-order valence-electron chi connectivity index (χ4n) is 3.23. The number of benzene rings is 1. The minimum atomic E-state index is -0.577. The molecule has 0 bridgehead atoms. The van der Waals surface area contributed by atoms with Gasteiger partial charge in [0.15, 0.2) is 5.65 Å². The molecule has 0 unspecified atom stereocenters. The summed E-state index contributed by atoms with van der Waals surface area (Å²) >= 11 is 0. The van der Waals surface area contributed by atoms with Crippen molar-refractivity contribution in [3.63, 3.8) is 0 Å². The summed E-state index contributed by atoms with van der Waals surface area (Å²) in [4.78, 5) is 43.0. The van der Waals surface area contributed by atoms with Crippen molar-refractivity contribution in [2.24, 2.45) is 0 Å². The van der Waals surface area contributed by atoms with Gasteiger partial charge in [-0.15, -0.1) is 0 Å². The van der Waals surface area contributed by atoms with Crippen LogP contribution in [0.15, 0.2) is 46.0 Å². The Bertz CT molecular complexity index is 1130. The summed E-state index contributed by atoms with van der Waals surface area (Å²) in [5, 5.41) is 3.10. The molecular weight excluding hydrogens is 356 g/mol. The van der Waals surface area contributed by atoms with Crippen molar-refractivity contribution < 1.29 is 4.79 Å². The molecule has 1 aromatic carbocycles. The number of fused-ring (bicyclic) bond motifs is 1. The molecule has 0 aliphatic carbocycles. The predicted octanol–water partition coefficient (Wildman–Crippen LogP) is 2.08. The Kier molecular flexibility index (Phi) is 5.73. The number of amides is 1. The third-order valence-electron chi connectivity index (χ3n) is 4.59. The predicted molar refractivity (Wildman–Crippen MR) is 109 cm³/mol. The first-order valence-corrected chi connectivity index (χ1v) is 9.40. The van der Waals surface area contributed by atoms with Crippen molar-refractivity contribution in [3.8, 4) is 5.69 Å². The van der Waals surface area contributed by atoms with Crippen LogP contribution in [0.25, 0.3) is 16.7 Å². The molecule has 0 saturated carbocycles. The molecule has 0 fully saturated rings. The Balaban J connectivity index is 2.24. The van der Waals surface area contributed by atoms with Crippen LogP contribution in [-0.2, 0) is 11.3 Å². The molecule has 2 aromatic heterocycles. The van der Waals surface area contributed by atoms with E-state index in [0.29, 0.717) is 29.0 Å². The van der Waals surface area contributed by atoms with Gasteiger partial charge >= 0.3 is 5.69 Å². The van der Waals surface area contributed by atoms with Gasteiger partial charge in [0.25, 0.3) is 5.56 Å². The highest BCUT2D eigenvalue weighted by Gasteiger charge is 2.19. The number of aryl methyl sites for hydroxylation is 2. The van der Waals surface area contributed by atoms with Crippen LogP contribution in [0.1, 0.15) is 31.0 Å². The molecule has 0 saturated heterocycles. The number of nitrogens with zero attached hydrogens (tertiary/aromatic N) is 3. The first-order valence-electron chi connectivity index (χ1n) is 9.40. The number of hydrogen-bond donors (Lipinski definition) is 1. The number of carbonyl (C=O) groups excluding carboxylic acids is 1. The Morgan fingerprint density at radius 2 is 1.86 bits per heavy atom. The molecule has 7 heteroatoms. The van der Waals surface area contributed by atoms with Gasteiger partial charge in [0.2, 0.25) is 5.91 Å². The third kappa shape index (κ3) is 3.74. The topological polar surface area (TPSA) is 86.0 Å². The smallest absolute Gasteiger partial charge is 0.337 e. The Morgan fingerprint density at radius 1 is 1.14 bits per heavy atom. The van der Waals surface area contributed by atoms with Crippen molar-refractivity contribution >= 4 is 16.9 Å². The van der Waals surface area contributed by atoms with Crippen molar-refractivity contribution in [3.05, 3.63) is 68.5 Å².